The van der Waals surface area contributed by atoms with Gasteiger partial charge in [0.05, 0.1) is 11.0 Å². The number of likely N-dealkylation sites (tertiary alicyclic amines) is 1. The molecule has 1 aliphatic heterocycles. The van der Waals surface area contributed by atoms with Crippen molar-refractivity contribution >= 4 is 11.6 Å². The third-order valence-corrected chi connectivity index (χ3v) is 4.75. The number of carbonyl (C=O) groups excluding carboxylic acids is 1. The van der Waals surface area contributed by atoms with Crippen LogP contribution in [0.1, 0.15) is 41.0 Å². The van der Waals surface area contributed by atoms with Crippen LogP contribution in [0.5, 0.6) is 0 Å². The van der Waals surface area contributed by atoms with Gasteiger partial charge in [-0.1, -0.05) is 12.1 Å². The Bertz CT molecular complexity index is 849. The fourth-order valence-electron chi connectivity index (χ4n) is 3.35. The van der Waals surface area contributed by atoms with Gasteiger partial charge >= 0.3 is 0 Å². The number of aryl methyl sites for hydroxylation is 1. The molecule has 9 heteroatoms. The highest BCUT2D eigenvalue weighted by atomic mass is 16.6. The quantitative estimate of drug-likeness (QED) is 0.583. The molecule has 0 bridgehead atoms. The molecule has 1 saturated heterocycles. The number of nitrogens with one attached hydrogen (secondary N) is 1. The number of non-ortho nitro benzene ring substituents is 1. The highest BCUT2D eigenvalue weighted by Gasteiger charge is 2.24. The van der Waals surface area contributed by atoms with E-state index in [0.717, 1.165) is 25.1 Å². The molecule has 27 heavy (non-hydrogen) atoms. The van der Waals surface area contributed by atoms with Crippen molar-refractivity contribution < 1.29 is 9.72 Å². The predicted octanol–water partition coefficient (Wildman–Crippen LogP) is 1.35. The number of nitrogens with zero attached hydrogens (tertiary/aromatic N) is 4. The molecule has 1 fully saturated rings. The van der Waals surface area contributed by atoms with Gasteiger partial charge in [-0.05, 0) is 18.9 Å². The van der Waals surface area contributed by atoms with Gasteiger partial charge in [-0.25, -0.2) is 0 Å². The molecule has 1 aliphatic rings. The minimum Gasteiger partial charge on any atom is -0.344 e. The van der Waals surface area contributed by atoms with E-state index in [9.17, 15) is 14.9 Å². The maximum atomic E-state index is 12.8. The lowest BCUT2D eigenvalue weighted by atomic mass is 10.1. The molecule has 0 spiro atoms. The predicted molar refractivity (Wildman–Crippen MR) is 100 cm³/mol. The largest absolute Gasteiger partial charge is 0.344 e. The lowest BCUT2D eigenvalue weighted by Crippen LogP contribution is -2.30. The molecule has 0 radical (unpaired) electrons. The Kier molecular flexibility index (Phi) is 5.52. The minimum absolute atomic E-state index is 0.00232. The van der Waals surface area contributed by atoms with E-state index in [0.29, 0.717) is 17.8 Å². The summed E-state index contributed by atoms with van der Waals surface area (Å²) in [4.78, 5) is 25.5. The first-order chi connectivity index (χ1) is 12.8. The maximum absolute atomic E-state index is 12.8. The van der Waals surface area contributed by atoms with E-state index in [1.54, 1.807) is 30.8 Å². The summed E-state index contributed by atoms with van der Waals surface area (Å²) in [5, 5.41) is 18.1. The molecule has 1 amide bonds. The molecule has 3 N–H and O–H groups in total. The lowest BCUT2D eigenvalue weighted by molar-refractivity contribution is -0.384. The van der Waals surface area contributed by atoms with Gasteiger partial charge < -0.3 is 11.1 Å². The number of nitrogens with two attached hydrogens (primary N) is 1. The summed E-state index contributed by atoms with van der Waals surface area (Å²) in [5.41, 5.74) is 7.83. The van der Waals surface area contributed by atoms with Gasteiger partial charge in [-0.2, -0.15) is 5.10 Å². The Balaban J connectivity index is 1.72. The second kappa shape index (κ2) is 7.85. The molecule has 2 aromatic rings. The molecule has 9 nitrogen and oxygen atoms in total. The van der Waals surface area contributed by atoms with Gasteiger partial charge in [0.25, 0.3) is 11.6 Å². The van der Waals surface area contributed by atoms with Gasteiger partial charge in [0.2, 0.25) is 0 Å². The van der Waals surface area contributed by atoms with E-state index in [4.69, 9.17) is 5.73 Å². The SMILES string of the molecule is CC(NC(=O)c1nn(C)cc1CN1CCC(N)C1)c1cccc([N+](=O)[O-])c1. The van der Waals surface area contributed by atoms with Gasteiger partial charge in [-0.3, -0.25) is 24.5 Å². The number of hydrogen-bond donors (Lipinski definition) is 2. The van der Waals surface area contributed by atoms with E-state index in [2.05, 4.69) is 15.3 Å². The third-order valence-electron chi connectivity index (χ3n) is 4.75. The molecular formula is C18H24N6O3. The van der Waals surface area contributed by atoms with Crippen LogP contribution in [-0.2, 0) is 13.6 Å². The number of benzene rings is 1. The summed E-state index contributed by atoms with van der Waals surface area (Å²) in [7, 11) is 1.78. The maximum Gasteiger partial charge on any atom is 0.272 e. The average molecular weight is 372 g/mol. The zero-order chi connectivity index (χ0) is 19.6. The molecule has 2 atom stereocenters. The van der Waals surface area contributed by atoms with Crippen molar-refractivity contribution in [1.29, 1.82) is 0 Å². The Morgan fingerprint density at radius 3 is 2.96 bits per heavy atom. The second-order valence-electron chi connectivity index (χ2n) is 7.01. The lowest BCUT2D eigenvalue weighted by Gasteiger charge is -2.16. The highest BCUT2D eigenvalue weighted by Crippen LogP contribution is 2.20. The van der Waals surface area contributed by atoms with Gasteiger partial charge in [-0.15, -0.1) is 0 Å². The zero-order valence-electron chi connectivity index (χ0n) is 15.5. The molecule has 3 rings (SSSR count). The van der Waals surface area contributed by atoms with Crippen LogP contribution in [0.3, 0.4) is 0 Å². The van der Waals surface area contributed by atoms with Crippen LogP contribution in [0.4, 0.5) is 5.69 Å². The number of rotatable bonds is 6. The first-order valence-electron chi connectivity index (χ1n) is 8.89. The summed E-state index contributed by atoms with van der Waals surface area (Å²) in [6.07, 6.45) is 2.79. The van der Waals surface area contributed by atoms with Crippen molar-refractivity contribution in [2.24, 2.45) is 12.8 Å². The average Bonchev–Trinajstić information content (AvgIpc) is 3.20. The molecule has 0 aliphatic carbocycles. The van der Waals surface area contributed by atoms with Gasteiger partial charge in [0.1, 0.15) is 0 Å². The van der Waals surface area contributed by atoms with Crippen LogP contribution in [0, 0.1) is 10.1 Å². The molecule has 1 aromatic heterocycles. The highest BCUT2D eigenvalue weighted by molar-refractivity contribution is 5.93. The Morgan fingerprint density at radius 2 is 2.30 bits per heavy atom. The zero-order valence-corrected chi connectivity index (χ0v) is 15.5. The number of aromatic nitrogens is 2. The number of amides is 1. The van der Waals surface area contributed by atoms with E-state index in [-0.39, 0.29) is 23.7 Å². The van der Waals surface area contributed by atoms with Gasteiger partial charge in [0.15, 0.2) is 5.69 Å². The first-order valence-corrected chi connectivity index (χ1v) is 8.89. The number of nitro groups is 1. The van der Waals surface area contributed by atoms with Crippen molar-refractivity contribution in [1.82, 2.24) is 20.0 Å². The van der Waals surface area contributed by atoms with Crippen molar-refractivity contribution in [2.75, 3.05) is 13.1 Å². The number of hydrogen-bond acceptors (Lipinski definition) is 6. The first kappa shape index (κ1) is 19.0. The fourth-order valence-corrected chi connectivity index (χ4v) is 3.35. The standard InChI is InChI=1S/C18H24N6O3/c1-12(13-4-3-5-16(8-13)24(26)27)20-18(25)17-14(9-22(2)21-17)10-23-7-6-15(19)11-23/h3-5,8-9,12,15H,6-7,10-11,19H2,1-2H3,(H,20,25). The summed E-state index contributed by atoms with van der Waals surface area (Å²) in [6.45, 7) is 4.12. The van der Waals surface area contributed by atoms with E-state index < -0.39 is 4.92 Å². The fraction of sp³-hybridized carbons (Fsp3) is 0.444. The van der Waals surface area contributed by atoms with Crippen LogP contribution in [0.15, 0.2) is 30.5 Å². The number of nitro benzene ring substituents is 1. The van der Waals surface area contributed by atoms with Crippen LogP contribution in [0.2, 0.25) is 0 Å². The van der Waals surface area contributed by atoms with E-state index >= 15 is 0 Å². The minimum atomic E-state index is -0.449. The smallest absolute Gasteiger partial charge is 0.272 e. The van der Waals surface area contributed by atoms with E-state index in [1.165, 1.54) is 12.1 Å². The van der Waals surface area contributed by atoms with Crippen LogP contribution < -0.4 is 11.1 Å². The summed E-state index contributed by atoms with van der Waals surface area (Å²) < 4.78 is 1.62. The molecular weight excluding hydrogens is 348 g/mol. The van der Waals surface area contributed by atoms with Crippen LogP contribution in [-0.4, -0.2) is 44.6 Å². The summed E-state index contributed by atoms with van der Waals surface area (Å²) in [5.74, 6) is -0.298. The monoisotopic (exact) mass is 372 g/mol. The second-order valence-corrected chi connectivity index (χ2v) is 7.01. The molecule has 1 aromatic carbocycles. The molecule has 2 heterocycles. The Hall–Kier alpha value is -2.78. The van der Waals surface area contributed by atoms with Crippen LogP contribution in [0.25, 0.3) is 0 Å². The van der Waals surface area contributed by atoms with Crippen molar-refractivity contribution in [2.45, 2.75) is 32.0 Å². The van der Waals surface area contributed by atoms with Crippen molar-refractivity contribution in [3.8, 4) is 0 Å². The summed E-state index contributed by atoms with van der Waals surface area (Å²) >= 11 is 0. The summed E-state index contributed by atoms with van der Waals surface area (Å²) in [6, 6.07) is 6.05. The Labute approximate surface area is 157 Å². The van der Waals surface area contributed by atoms with Crippen molar-refractivity contribution in [3.63, 3.8) is 0 Å². The Morgan fingerprint density at radius 1 is 1.52 bits per heavy atom. The molecule has 0 saturated carbocycles. The van der Waals surface area contributed by atoms with Gasteiger partial charge in [0, 0.05) is 56.6 Å². The van der Waals surface area contributed by atoms with Crippen molar-refractivity contribution in [3.05, 3.63) is 57.4 Å². The topological polar surface area (TPSA) is 119 Å². The van der Waals surface area contributed by atoms with Crippen LogP contribution >= 0.6 is 0 Å². The number of carbonyl (C=O) groups is 1. The molecule has 2 unspecified atom stereocenters. The normalized spacial score (nSPS) is 18.4. The third kappa shape index (κ3) is 4.50. The molecule has 144 valence electrons. The van der Waals surface area contributed by atoms with E-state index in [1.807, 2.05) is 6.20 Å².